The van der Waals surface area contributed by atoms with Gasteiger partial charge in [0.25, 0.3) is 11.6 Å². The third-order valence-electron chi connectivity index (χ3n) is 3.66. The van der Waals surface area contributed by atoms with E-state index in [4.69, 9.17) is 16.3 Å². The van der Waals surface area contributed by atoms with E-state index in [0.29, 0.717) is 11.3 Å². The van der Waals surface area contributed by atoms with Crippen LogP contribution in [-0.4, -0.2) is 23.7 Å². The summed E-state index contributed by atoms with van der Waals surface area (Å²) in [6.07, 6.45) is 1.29. The van der Waals surface area contributed by atoms with Gasteiger partial charge in [0.15, 0.2) is 6.61 Å². The number of hydrazone groups is 1. The highest BCUT2D eigenvalue weighted by Gasteiger charge is 2.13. The first-order chi connectivity index (χ1) is 12.7. The van der Waals surface area contributed by atoms with E-state index < -0.39 is 10.8 Å². The molecule has 0 heterocycles. The Morgan fingerprint density at radius 3 is 2.52 bits per heavy atom. The summed E-state index contributed by atoms with van der Waals surface area (Å²) in [5.74, 6) is 0.130. The van der Waals surface area contributed by atoms with E-state index in [1.54, 1.807) is 6.07 Å². The molecule has 0 bridgehead atoms. The largest absolute Gasteiger partial charge is 0.484 e. The Kier molecular flexibility index (Phi) is 6.52. The van der Waals surface area contributed by atoms with Crippen molar-refractivity contribution in [1.29, 1.82) is 0 Å². The lowest BCUT2D eigenvalue weighted by Crippen LogP contribution is -2.24. The number of hydrogen-bond donors (Lipinski definition) is 1. The van der Waals surface area contributed by atoms with Gasteiger partial charge in [0.1, 0.15) is 10.8 Å². The van der Waals surface area contributed by atoms with Crippen LogP contribution >= 0.6 is 11.6 Å². The summed E-state index contributed by atoms with van der Waals surface area (Å²) in [7, 11) is 0. The fourth-order valence-electron chi connectivity index (χ4n) is 2.16. The Labute approximate surface area is 162 Å². The monoisotopic (exact) mass is 389 g/mol. The second-order valence-corrected chi connectivity index (χ2v) is 7.23. The third kappa shape index (κ3) is 6.07. The first kappa shape index (κ1) is 20.4. The zero-order valence-corrected chi connectivity index (χ0v) is 16.0. The van der Waals surface area contributed by atoms with Crippen LogP contribution in [0.15, 0.2) is 47.6 Å². The van der Waals surface area contributed by atoms with Gasteiger partial charge in [0.05, 0.1) is 11.1 Å². The molecule has 0 fully saturated rings. The number of rotatable bonds is 6. The Bertz CT molecular complexity index is 858. The Balaban J connectivity index is 1.87. The minimum absolute atomic E-state index is 0.0343. The van der Waals surface area contributed by atoms with Crippen LogP contribution in [0, 0.1) is 10.1 Å². The molecule has 0 aliphatic carbocycles. The lowest BCUT2D eigenvalue weighted by molar-refractivity contribution is -0.384. The van der Waals surface area contributed by atoms with Gasteiger partial charge >= 0.3 is 0 Å². The number of nitrogens with one attached hydrogen (secondary N) is 1. The number of benzene rings is 2. The molecule has 2 aromatic carbocycles. The Morgan fingerprint density at radius 1 is 1.26 bits per heavy atom. The quantitative estimate of drug-likeness (QED) is 0.457. The summed E-state index contributed by atoms with van der Waals surface area (Å²) in [5, 5.41) is 14.6. The molecule has 0 aliphatic heterocycles. The summed E-state index contributed by atoms with van der Waals surface area (Å²) in [6, 6.07) is 11.8. The smallest absolute Gasteiger partial charge is 0.288 e. The van der Waals surface area contributed by atoms with Crippen molar-refractivity contribution < 1.29 is 14.5 Å². The van der Waals surface area contributed by atoms with E-state index in [1.165, 1.54) is 23.9 Å². The number of carbonyl (C=O) groups is 1. The predicted octanol–water partition coefficient (Wildman–Crippen LogP) is 4.07. The van der Waals surface area contributed by atoms with Crippen molar-refractivity contribution in [3.63, 3.8) is 0 Å². The van der Waals surface area contributed by atoms with Gasteiger partial charge in [-0.1, -0.05) is 50.6 Å². The topological polar surface area (TPSA) is 93.8 Å². The SMILES string of the molecule is CC(C)(C)c1ccc(OCC(=O)N/N=C\c2ccc(Cl)c([N+](=O)[O-])c2)cc1. The van der Waals surface area contributed by atoms with Crippen molar-refractivity contribution in [3.05, 3.63) is 68.7 Å². The molecule has 0 radical (unpaired) electrons. The molecule has 1 amide bonds. The normalized spacial score (nSPS) is 11.4. The van der Waals surface area contributed by atoms with Crippen LogP contribution in [0.3, 0.4) is 0 Å². The van der Waals surface area contributed by atoms with Gasteiger partial charge in [-0.3, -0.25) is 14.9 Å². The fraction of sp³-hybridized carbons (Fsp3) is 0.263. The van der Waals surface area contributed by atoms with Crippen molar-refractivity contribution in [1.82, 2.24) is 5.43 Å². The number of ether oxygens (including phenoxy) is 1. The standard InChI is InChI=1S/C19H20ClN3O4/c1-19(2,3)14-5-7-15(8-6-14)27-12-18(24)22-21-11-13-4-9-16(20)17(10-13)23(25)26/h4-11H,12H2,1-3H3,(H,22,24)/b21-11-. The zero-order valence-electron chi connectivity index (χ0n) is 15.2. The van der Waals surface area contributed by atoms with Gasteiger partial charge in [-0.15, -0.1) is 0 Å². The summed E-state index contributed by atoms with van der Waals surface area (Å²) in [4.78, 5) is 22.0. The molecule has 27 heavy (non-hydrogen) atoms. The molecule has 1 N–H and O–H groups in total. The van der Waals surface area contributed by atoms with E-state index in [9.17, 15) is 14.9 Å². The molecule has 0 aromatic heterocycles. The van der Waals surface area contributed by atoms with E-state index in [0.717, 1.165) is 0 Å². The lowest BCUT2D eigenvalue weighted by atomic mass is 9.87. The predicted molar refractivity (Wildman–Crippen MR) is 104 cm³/mol. The molecule has 8 heteroatoms. The summed E-state index contributed by atoms with van der Waals surface area (Å²) >= 11 is 5.74. The van der Waals surface area contributed by atoms with E-state index in [1.807, 2.05) is 24.3 Å². The van der Waals surface area contributed by atoms with E-state index in [-0.39, 0.29) is 22.7 Å². The number of nitro benzene ring substituents is 1. The molecule has 7 nitrogen and oxygen atoms in total. The van der Waals surface area contributed by atoms with Crippen LogP contribution in [0.2, 0.25) is 5.02 Å². The average molecular weight is 390 g/mol. The molecular formula is C19H20ClN3O4. The van der Waals surface area contributed by atoms with Crippen LogP contribution in [0.4, 0.5) is 5.69 Å². The molecule has 0 saturated carbocycles. The van der Waals surface area contributed by atoms with E-state index in [2.05, 4.69) is 31.3 Å². The molecule has 0 unspecified atom stereocenters. The van der Waals surface area contributed by atoms with Gasteiger partial charge in [-0.05, 0) is 29.2 Å². The number of nitro groups is 1. The summed E-state index contributed by atoms with van der Waals surface area (Å²) in [5.41, 5.74) is 3.72. The van der Waals surface area contributed by atoms with Crippen molar-refractivity contribution in [3.8, 4) is 5.75 Å². The summed E-state index contributed by atoms with van der Waals surface area (Å²) < 4.78 is 5.41. The van der Waals surface area contributed by atoms with Crippen molar-refractivity contribution in [2.24, 2.45) is 5.10 Å². The van der Waals surface area contributed by atoms with Gasteiger partial charge in [-0.2, -0.15) is 5.10 Å². The molecule has 2 rings (SSSR count). The second-order valence-electron chi connectivity index (χ2n) is 6.82. The van der Waals surface area contributed by atoms with Gasteiger partial charge in [-0.25, -0.2) is 5.43 Å². The molecule has 0 saturated heterocycles. The fourth-order valence-corrected chi connectivity index (χ4v) is 2.35. The van der Waals surface area contributed by atoms with Crippen molar-refractivity contribution >= 4 is 29.4 Å². The average Bonchev–Trinajstić information content (AvgIpc) is 2.60. The maximum atomic E-state index is 11.8. The van der Waals surface area contributed by atoms with Crippen LogP contribution in [0.25, 0.3) is 0 Å². The lowest BCUT2D eigenvalue weighted by Gasteiger charge is -2.19. The third-order valence-corrected chi connectivity index (χ3v) is 3.98. The van der Waals surface area contributed by atoms with Gasteiger partial charge < -0.3 is 4.74 Å². The first-order valence-electron chi connectivity index (χ1n) is 8.16. The van der Waals surface area contributed by atoms with Crippen molar-refractivity contribution in [2.45, 2.75) is 26.2 Å². The maximum Gasteiger partial charge on any atom is 0.288 e. The highest BCUT2D eigenvalue weighted by Crippen LogP contribution is 2.25. The number of amides is 1. The molecular weight excluding hydrogens is 370 g/mol. The molecule has 142 valence electrons. The highest BCUT2D eigenvalue weighted by molar-refractivity contribution is 6.32. The first-order valence-corrected chi connectivity index (χ1v) is 8.54. The maximum absolute atomic E-state index is 11.8. The van der Waals surface area contributed by atoms with Crippen LogP contribution in [0.1, 0.15) is 31.9 Å². The zero-order chi connectivity index (χ0) is 20.0. The highest BCUT2D eigenvalue weighted by atomic mass is 35.5. The number of carbonyl (C=O) groups excluding carboxylic acids is 1. The molecule has 0 spiro atoms. The minimum Gasteiger partial charge on any atom is -0.484 e. The Morgan fingerprint density at radius 2 is 1.93 bits per heavy atom. The molecule has 0 atom stereocenters. The van der Waals surface area contributed by atoms with Crippen LogP contribution in [0.5, 0.6) is 5.75 Å². The Hall–Kier alpha value is -2.93. The molecule has 2 aromatic rings. The summed E-state index contributed by atoms with van der Waals surface area (Å²) in [6.45, 7) is 6.14. The minimum atomic E-state index is -0.586. The van der Waals surface area contributed by atoms with Crippen LogP contribution < -0.4 is 10.2 Å². The van der Waals surface area contributed by atoms with Crippen molar-refractivity contribution in [2.75, 3.05) is 6.61 Å². The number of nitrogens with zero attached hydrogens (tertiary/aromatic N) is 2. The van der Waals surface area contributed by atoms with E-state index >= 15 is 0 Å². The van der Waals surface area contributed by atoms with Gasteiger partial charge in [0.2, 0.25) is 0 Å². The number of hydrogen-bond acceptors (Lipinski definition) is 5. The number of halogens is 1. The molecule has 0 aliphatic rings. The van der Waals surface area contributed by atoms with Crippen LogP contribution in [-0.2, 0) is 10.2 Å². The van der Waals surface area contributed by atoms with Gasteiger partial charge in [0, 0.05) is 11.6 Å². The second kappa shape index (κ2) is 8.64.